The number of aromatic nitrogens is 2. The van der Waals surface area contributed by atoms with Crippen LogP contribution in [0.5, 0.6) is 0 Å². The monoisotopic (exact) mass is 253 g/mol. The van der Waals surface area contributed by atoms with Crippen molar-refractivity contribution >= 4 is 5.69 Å². The molecule has 1 aromatic heterocycles. The fraction of sp³-hybridized carbons (Fsp3) is 0.692. The molecule has 0 spiro atoms. The van der Waals surface area contributed by atoms with Crippen molar-refractivity contribution < 1.29 is 5.11 Å². The maximum absolute atomic E-state index is 11.9. The smallest absolute Gasteiger partial charge is 0.268 e. The van der Waals surface area contributed by atoms with Crippen LogP contribution in [0.25, 0.3) is 0 Å². The summed E-state index contributed by atoms with van der Waals surface area (Å²) in [5.74, 6) is 0.112. The molecule has 102 valence electrons. The molecule has 0 bridgehead atoms. The van der Waals surface area contributed by atoms with Crippen LogP contribution in [-0.4, -0.2) is 34.6 Å². The summed E-state index contributed by atoms with van der Waals surface area (Å²) in [6.07, 6.45) is 2.14. The van der Waals surface area contributed by atoms with E-state index in [9.17, 15) is 9.90 Å². The maximum Gasteiger partial charge on any atom is 0.268 e. The van der Waals surface area contributed by atoms with Crippen LogP contribution in [0.2, 0.25) is 0 Å². The van der Waals surface area contributed by atoms with Gasteiger partial charge < -0.3 is 10.0 Å². The van der Waals surface area contributed by atoms with Crippen molar-refractivity contribution in [2.24, 2.45) is 5.92 Å². The van der Waals surface area contributed by atoms with Gasteiger partial charge in [-0.25, -0.2) is 4.68 Å². The zero-order chi connectivity index (χ0) is 13.7. The quantitative estimate of drug-likeness (QED) is 0.825. The Balaban J connectivity index is 2.83. The predicted octanol–water partition coefficient (Wildman–Crippen LogP) is 1.11. The second-order valence-electron chi connectivity index (χ2n) is 4.97. The molecular weight excluding hydrogens is 230 g/mol. The van der Waals surface area contributed by atoms with Crippen LogP contribution < -0.4 is 10.5 Å². The van der Waals surface area contributed by atoms with Crippen molar-refractivity contribution in [2.45, 2.75) is 39.8 Å². The van der Waals surface area contributed by atoms with Gasteiger partial charge in [-0.15, -0.1) is 0 Å². The molecule has 1 N–H and O–H groups in total. The minimum atomic E-state index is -0.547. The van der Waals surface area contributed by atoms with E-state index in [0.29, 0.717) is 0 Å². The van der Waals surface area contributed by atoms with Gasteiger partial charge in [-0.05, 0) is 12.3 Å². The zero-order valence-electron chi connectivity index (χ0n) is 11.6. The molecule has 5 heteroatoms. The molecule has 0 saturated carbocycles. The average Bonchev–Trinajstić information content (AvgIpc) is 2.31. The molecule has 1 atom stereocenters. The fourth-order valence-corrected chi connectivity index (χ4v) is 1.62. The zero-order valence-corrected chi connectivity index (χ0v) is 11.6. The first-order valence-corrected chi connectivity index (χ1v) is 6.42. The van der Waals surface area contributed by atoms with E-state index in [1.54, 1.807) is 12.3 Å². The molecule has 0 saturated heterocycles. The van der Waals surface area contributed by atoms with Gasteiger partial charge in [-0.2, -0.15) is 5.10 Å². The molecule has 5 nitrogen and oxygen atoms in total. The van der Waals surface area contributed by atoms with E-state index in [-0.39, 0.29) is 18.0 Å². The second-order valence-corrected chi connectivity index (χ2v) is 4.97. The summed E-state index contributed by atoms with van der Waals surface area (Å²) in [4.78, 5) is 13.9. The summed E-state index contributed by atoms with van der Waals surface area (Å²) < 4.78 is 1.31. The van der Waals surface area contributed by atoms with Gasteiger partial charge in [0.25, 0.3) is 5.56 Å². The Morgan fingerprint density at radius 1 is 1.50 bits per heavy atom. The van der Waals surface area contributed by atoms with Gasteiger partial charge in [0.05, 0.1) is 24.5 Å². The van der Waals surface area contributed by atoms with Gasteiger partial charge in [0, 0.05) is 19.7 Å². The normalized spacial score (nSPS) is 12.8. The summed E-state index contributed by atoms with van der Waals surface area (Å²) in [5, 5.41) is 13.9. The summed E-state index contributed by atoms with van der Waals surface area (Å²) in [7, 11) is 1.94. The van der Waals surface area contributed by atoms with Crippen LogP contribution >= 0.6 is 0 Å². The maximum atomic E-state index is 11.9. The number of nitrogens with zero attached hydrogens (tertiary/aromatic N) is 3. The standard InChI is InChI=1S/C13H23N3O2/c1-5-6-15(4)11-7-13(18)16(14-8-11)9-12(17)10(2)3/h7-8,10,12,17H,5-6,9H2,1-4H3. The molecule has 0 aromatic carbocycles. The van der Waals surface area contributed by atoms with Crippen LogP contribution in [0.3, 0.4) is 0 Å². The van der Waals surface area contributed by atoms with Gasteiger partial charge in [0.15, 0.2) is 0 Å². The summed E-state index contributed by atoms with van der Waals surface area (Å²) in [5.41, 5.74) is 0.646. The number of hydrogen-bond donors (Lipinski definition) is 1. The van der Waals surface area contributed by atoms with Crippen molar-refractivity contribution in [1.82, 2.24) is 9.78 Å². The SMILES string of the molecule is CCCN(C)c1cnn(CC(O)C(C)C)c(=O)c1. The number of aliphatic hydroxyl groups is 1. The highest BCUT2D eigenvalue weighted by Gasteiger charge is 2.12. The van der Waals surface area contributed by atoms with Gasteiger partial charge in [-0.1, -0.05) is 20.8 Å². The number of aliphatic hydroxyl groups excluding tert-OH is 1. The largest absolute Gasteiger partial charge is 0.391 e. The molecule has 0 amide bonds. The second kappa shape index (κ2) is 6.54. The van der Waals surface area contributed by atoms with E-state index in [0.717, 1.165) is 18.7 Å². The van der Waals surface area contributed by atoms with Crippen LogP contribution in [-0.2, 0) is 6.54 Å². The van der Waals surface area contributed by atoms with Gasteiger partial charge in [0.1, 0.15) is 0 Å². The van der Waals surface area contributed by atoms with Crippen molar-refractivity contribution in [1.29, 1.82) is 0 Å². The third-order valence-corrected chi connectivity index (χ3v) is 2.98. The fourth-order valence-electron chi connectivity index (χ4n) is 1.62. The lowest BCUT2D eigenvalue weighted by molar-refractivity contribution is 0.101. The van der Waals surface area contributed by atoms with Crippen molar-refractivity contribution in [3.63, 3.8) is 0 Å². The Labute approximate surface area is 108 Å². The number of hydrogen-bond acceptors (Lipinski definition) is 4. The van der Waals surface area contributed by atoms with Crippen LogP contribution in [0, 0.1) is 5.92 Å². The summed E-state index contributed by atoms with van der Waals surface area (Å²) >= 11 is 0. The lowest BCUT2D eigenvalue weighted by Gasteiger charge is -2.19. The predicted molar refractivity (Wildman–Crippen MR) is 72.9 cm³/mol. The third-order valence-electron chi connectivity index (χ3n) is 2.98. The van der Waals surface area contributed by atoms with E-state index in [4.69, 9.17) is 0 Å². The van der Waals surface area contributed by atoms with Crippen molar-refractivity contribution in [2.75, 3.05) is 18.5 Å². The molecule has 1 aromatic rings. The van der Waals surface area contributed by atoms with Crippen LogP contribution in [0.15, 0.2) is 17.1 Å². The van der Waals surface area contributed by atoms with E-state index >= 15 is 0 Å². The third kappa shape index (κ3) is 3.84. The summed E-state index contributed by atoms with van der Waals surface area (Å²) in [6.45, 7) is 7.05. The van der Waals surface area contributed by atoms with Gasteiger partial charge in [0.2, 0.25) is 0 Å². The average molecular weight is 253 g/mol. The molecule has 0 aliphatic rings. The molecule has 0 radical (unpaired) electrons. The molecular formula is C13H23N3O2. The van der Waals surface area contributed by atoms with E-state index in [1.165, 1.54) is 4.68 Å². The lowest BCUT2D eigenvalue weighted by Crippen LogP contribution is -2.32. The molecule has 1 heterocycles. The lowest BCUT2D eigenvalue weighted by atomic mass is 10.1. The molecule has 0 aliphatic carbocycles. The van der Waals surface area contributed by atoms with E-state index < -0.39 is 6.10 Å². The Kier molecular flexibility index (Phi) is 5.34. The first-order valence-electron chi connectivity index (χ1n) is 6.42. The minimum Gasteiger partial charge on any atom is -0.391 e. The van der Waals surface area contributed by atoms with Crippen LogP contribution in [0.1, 0.15) is 27.2 Å². The highest BCUT2D eigenvalue weighted by atomic mass is 16.3. The first kappa shape index (κ1) is 14.7. The van der Waals surface area contributed by atoms with E-state index in [1.807, 2.05) is 25.8 Å². The van der Waals surface area contributed by atoms with E-state index in [2.05, 4.69) is 12.0 Å². The molecule has 1 rings (SSSR count). The highest BCUT2D eigenvalue weighted by molar-refractivity contribution is 5.41. The Hall–Kier alpha value is -1.36. The number of anilines is 1. The minimum absolute atomic E-state index is 0.112. The molecule has 0 fully saturated rings. The van der Waals surface area contributed by atoms with Gasteiger partial charge >= 0.3 is 0 Å². The number of rotatable bonds is 6. The Morgan fingerprint density at radius 3 is 2.67 bits per heavy atom. The molecule has 18 heavy (non-hydrogen) atoms. The Morgan fingerprint density at radius 2 is 2.17 bits per heavy atom. The van der Waals surface area contributed by atoms with Crippen molar-refractivity contribution in [3.8, 4) is 0 Å². The van der Waals surface area contributed by atoms with Crippen molar-refractivity contribution in [3.05, 3.63) is 22.6 Å². The summed E-state index contributed by atoms with van der Waals surface area (Å²) in [6, 6.07) is 1.57. The van der Waals surface area contributed by atoms with Gasteiger partial charge in [-0.3, -0.25) is 4.79 Å². The topological polar surface area (TPSA) is 58.4 Å². The molecule has 0 aliphatic heterocycles. The highest BCUT2D eigenvalue weighted by Crippen LogP contribution is 2.08. The Bertz CT molecular complexity index is 428. The first-order chi connectivity index (χ1) is 8.45. The van der Waals surface area contributed by atoms with Crippen LogP contribution in [0.4, 0.5) is 5.69 Å². The molecule has 1 unspecified atom stereocenters.